The van der Waals surface area contributed by atoms with E-state index in [0.29, 0.717) is 17.8 Å². The molecule has 1 fully saturated rings. The maximum Gasteiger partial charge on any atom is 0.234 e. The number of hydrogen-bond acceptors (Lipinski definition) is 5. The van der Waals surface area contributed by atoms with E-state index in [1.165, 1.54) is 33.4 Å². The Morgan fingerprint density at radius 2 is 2.42 bits per heavy atom. The lowest BCUT2D eigenvalue weighted by atomic mass is 10.1. The summed E-state index contributed by atoms with van der Waals surface area (Å²) in [5.74, 6) is 3.20. The summed E-state index contributed by atoms with van der Waals surface area (Å²) in [5, 5.41) is 6.68. The minimum absolute atomic E-state index is 0.117. The molecular weight excluding hydrogens is 296 g/mol. The first-order chi connectivity index (χ1) is 9.22. The van der Waals surface area contributed by atoms with Crippen LogP contribution >= 0.6 is 34.9 Å². The molecule has 19 heavy (non-hydrogen) atoms. The lowest BCUT2D eigenvalue weighted by molar-refractivity contribution is -0.113. The number of thioether (sulfide) groups is 2. The highest BCUT2D eigenvalue weighted by atomic mass is 32.2. The smallest absolute Gasteiger partial charge is 0.234 e. The van der Waals surface area contributed by atoms with E-state index < -0.39 is 0 Å². The lowest BCUT2D eigenvalue weighted by Crippen LogP contribution is -2.35. The molecule has 1 amide bonds. The maximum atomic E-state index is 11.4. The first-order valence-corrected chi connectivity index (χ1v) is 9.58. The number of thiophene rings is 1. The Morgan fingerprint density at radius 1 is 1.53 bits per heavy atom. The van der Waals surface area contributed by atoms with Crippen LogP contribution in [0.5, 0.6) is 0 Å². The van der Waals surface area contributed by atoms with Crippen molar-refractivity contribution in [1.82, 2.24) is 5.32 Å². The summed E-state index contributed by atoms with van der Waals surface area (Å²) >= 11 is 5.52. The van der Waals surface area contributed by atoms with Crippen LogP contribution in [-0.2, 0) is 4.79 Å². The van der Waals surface area contributed by atoms with Gasteiger partial charge in [-0.15, -0.1) is 23.1 Å². The monoisotopic (exact) mass is 314 g/mol. The zero-order valence-corrected chi connectivity index (χ0v) is 13.4. The fraction of sp³-hybridized carbons (Fsp3) is 0.615. The molecule has 0 spiro atoms. The highest BCUT2D eigenvalue weighted by molar-refractivity contribution is 8.02. The molecule has 2 atom stereocenters. The molecule has 2 aliphatic heterocycles. The number of fused-ring (bicyclic) bond motifs is 1. The summed E-state index contributed by atoms with van der Waals surface area (Å²) in [6, 6.07) is 3.14. The predicted octanol–water partition coefficient (Wildman–Crippen LogP) is 3.34. The summed E-state index contributed by atoms with van der Waals surface area (Å²) in [7, 11) is 0. The van der Waals surface area contributed by atoms with E-state index in [-0.39, 0.29) is 5.91 Å². The summed E-state index contributed by atoms with van der Waals surface area (Å²) in [6.07, 6.45) is 2.61. The molecule has 1 saturated heterocycles. The van der Waals surface area contributed by atoms with Gasteiger partial charge >= 0.3 is 0 Å². The lowest BCUT2D eigenvalue weighted by Gasteiger charge is -2.25. The number of nitrogens with one attached hydrogen (secondary N) is 2. The van der Waals surface area contributed by atoms with Crippen LogP contribution in [-0.4, -0.2) is 29.2 Å². The van der Waals surface area contributed by atoms with Gasteiger partial charge in [-0.1, -0.05) is 0 Å². The summed E-state index contributed by atoms with van der Waals surface area (Å²) in [4.78, 5) is 12.7. The van der Waals surface area contributed by atoms with Crippen molar-refractivity contribution in [2.45, 2.75) is 36.1 Å². The van der Waals surface area contributed by atoms with Gasteiger partial charge in [0.1, 0.15) is 0 Å². The van der Waals surface area contributed by atoms with Crippen LogP contribution in [0, 0.1) is 0 Å². The zero-order chi connectivity index (χ0) is 13.2. The Kier molecular flexibility index (Phi) is 4.41. The van der Waals surface area contributed by atoms with E-state index in [4.69, 9.17) is 0 Å². The van der Waals surface area contributed by atoms with Gasteiger partial charge in [-0.05, 0) is 31.6 Å². The standard InChI is InChI=1S/C13H18N2OS3/c1-8(14-9-3-2-4-17-6-9)11-5-10-13(19-11)18-7-12(16)15-10/h5,8-9,14H,2-4,6-7H2,1H3,(H,15,16)/t8-,9+/m1/s1. The van der Waals surface area contributed by atoms with Crippen molar-refractivity contribution in [3.8, 4) is 0 Å². The molecule has 104 valence electrons. The van der Waals surface area contributed by atoms with Gasteiger partial charge in [0, 0.05) is 22.7 Å². The number of carbonyl (C=O) groups excluding carboxylic acids is 1. The van der Waals surface area contributed by atoms with E-state index >= 15 is 0 Å². The van der Waals surface area contributed by atoms with Gasteiger partial charge < -0.3 is 10.6 Å². The van der Waals surface area contributed by atoms with Gasteiger partial charge in [0.25, 0.3) is 0 Å². The van der Waals surface area contributed by atoms with Crippen molar-refractivity contribution in [3.05, 3.63) is 10.9 Å². The van der Waals surface area contributed by atoms with E-state index in [1.54, 1.807) is 11.8 Å². The van der Waals surface area contributed by atoms with Gasteiger partial charge in [0.2, 0.25) is 5.91 Å². The Labute approximate surface area is 126 Å². The highest BCUT2D eigenvalue weighted by Crippen LogP contribution is 2.41. The molecule has 3 heterocycles. The molecule has 0 aliphatic carbocycles. The number of rotatable bonds is 3. The number of hydrogen-bond donors (Lipinski definition) is 2. The Balaban J connectivity index is 1.66. The first kappa shape index (κ1) is 13.8. The van der Waals surface area contributed by atoms with E-state index in [0.717, 1.165) is 5.69 Å². The van der Waals surface area contributed by atoms with E-state index in [2.05, 4.69) is 23.6 Å². The molecule has 0 radical (unpaired) electrons. The summed E-state index contributed by atoms with van der Waals surface area (Å²) in [5.41, 5.74) is 1.01. The van der Waals surface area contributed by atoms with Gasteiger partial charge in [0.05, 0.1) is 15.6 Å². The van der Waals surface area contributed by atoms with Crippen LogP contribution < -0.4 is 10.6 Å². The van der Waals surface area contributed by atoms with Crippen LogP contribution in [0.15, 0.2) is 10.3 Å². The van der Waals surface area contributed by atoms with Crippen LogP contribution in [0.3, 0.4) is 0 Å². The van der Waals surface area contributed by atoms with Crippen LogP contribution in [0.2, 0.25) is 0 Å². The third kappa shape index (κ3) is 3.29. The molecule has 0 bridgehead atoms. The Bertz CT molecular complexity index is 468. The summed E-state index contributed by atoms with van der Waals surface area (Å²) < 4.78 is 1.25. The van der Waals surface area contributed by atoms with E-state index in [1.807, 2.05) is 23.1 Å². The fourth-order valence-electron chi connectivity index (χ4n) is 2.43. The largest absolute Gasteiger partial charge is 0.324 e. The molecule has 6 heteroatoms. The van der Waals surface area contributed by atoms with E-state index in [9.17, 15) is 4.79 Å². The van der Waals surface area contributed by atoms with Gasteiger partial charge in [-0.25, -0.2) is 0 Å². The third-order valence-electron chi connectivity index (χ3n) is 3.40. The molecule has 0 saturated carbocycles. The molecule has 3 nitrogen and oxygen atoms in total. The van der Waals surface area contributed by atoms with Gasteiger partial charge in [-0.3, -0.25) is 4.79 Å². The molecule has 2 aliphatic rings. The second-order valence-corrected chi connectivity index (χ2v) is 8.47. The molecule has 1 aromatic rings. The van der Waals surface area contributed by atoms with Crippen molar-refractivity contribution < 1.29 is 4.79 Å². The van der Waals surface area contributed by atoms with Crippen molar-refractivity contribution in [3.63, 3.8) is 0 Å². The zero-order valence-electron chi connectivity index (χ0n) is 10.9. The predicted molar refractivity (Wildman–Crippen MR) is 85.6 cm³/mol. The Morgan fingerprint density at radius 3 is 3.21 bits per heavy atom. The van der Waals surface area contributed by atoms with Crippen LogP contribution in [0.25, 0.3) is 0 Å². The normalized spacial score (nSPS) is 24.7. The second kappa shape index (κ2) is 6.08. The molecule has 0 aromatic carbocycles. The molecule has 0 unspecified atom stereocenters. The minimum Gasteiger partial charge on any atom is -0.324 e. The third-order valence-corrected chi connectivity index (χ3v) is 7.22. The Hall–Kier alpha value is -0.170. The van der Waals surface area contributed by atoms with Crippen molar-refractivity contribution in [1.29, 1.82) is 0 Å². The number of amides is 1. The first-order valence-electron chi connectivity index (χ1n) is 6.62. The van der Waals surface area contributed by atoms with Gasteiger partial charge in [0.15, 0.2) is 0 Å². The molecule has 1 aromatic heterocycles. The average Bonchev–Trinajstić information content (AvgIpc) is 2.83. The fourth-order valence-corrected chi connectivity index (χ4v) is 5.67. The van der Waals surface area contributed by atoms with Gasteiger partial charge in [-0.2, -0.15) is 11.8 Å². The average molecular weight is 315 g/mol. The second-order valence-electron chi connectivity index (χ2n) is 4.99. The van der Waals surface area contributed by atoms with Crippen LogP contribution in [0.1, 0.15) is 30.7 Å². The van der Waals surface area contributed by atoms with Crippen molar-refractivity contribution in [2.75, 3.05) is 22.6 Å². The summed E-state index contributed by atoms with van der Waals surface area (Å²) in [6.45, 7) is 2.23. The van der Waals surface area contributed by atoms with Crippen molar-refractivity contribution in [2.24, 2.45) is 0 Å². The molecular formula is C13H18N2OS3. The van der Waals surface area contributed by atoms with Crippen molar-refractivity contribution >= 4 is 46.5 Å². The molecule has 2 N–H and O–H groups in total. The number of anilines is 1. The van der Waals surface area contributed by atoms with Crippen LogP contribution in [0.4, 0.5) is 5.69 Å². The SMILES string of the molecule is C[C@@H](N[C@H]1CCCSC1)c1cc2c(s1)SCC(=O)N2. The quantitative estimate of drug-likeness (QED) is 0.898. The highest BCUT2D eigenvalue weighted by Gasteiger charge is 2.22. The molecule has 3 rings (SSSR count). The number of carbonyl (C=O) groups is 1. The maximum absolute atomic E-state index is 11.4. The topological polar surface area (TPSA) is 41.1 Å². The minimum atomic E-state index is 0.117.